The number of likely N-dealkylation sites (tertiary alicyclic amines) is 1. The second-order valence-electron chi connectivity index (χ2n) is 7.44. The van der Waals surface area contributed by atoms with Gasteiger partial charge < -0.3 is 19.7 Å². The fourth-order valence-electron chi connectivity index (χ4n) is 3.91. The number of carboxylic acid groups (broad SMARTS) is 1. The first kappa shape index (κ1) is 23.3. The maximum Gasteiger partial charge on any atom is 0.490 e. The molecule has 3 atom stereocenters. The van der Waals surface area contributed by atoms with Gasteiger partial charge in [-0.1, -0.05) is 6.07 Å². The van der Waals surface area contributed by atoms with Crippen molar-refractivity contribution in [2.24, 2.45) is 7.05 Å². The van der Waals surface area contributed by atoms with Crippen LogP contribution in [0, 0.1) is 0 Å². The van der Waals surface area contributed by atoms with E-state index in [0.29, 0.717) is 11.7 Å². The Kier molecular flexibility index (Phi) is 7.39. The van der Waals surface area contributed by atoms with Crippen LogP contribution in [0.15, 0.2) is 35.8 Å². The van der Waals surface area contributed by atoms with Crippen LogP contribution in [0.3, 0.4) is 0 Å². The Morgan fingerprint density at radius 2 is 2.06 bits per heavy atom. The SMILES string of the molecule is Cn1cccc1C(=O)N[C@@H]1CN(Cc2cccs2)[C@@H]2CCCO[C@@H]21.O=C(O)C(F)(F)F. The number of hydrogen-bond acceptors (Lipinski definition) is 5. The molecule has 0 radical (unpaired) electrons. The standard InChI is InChI=1S/C18H23N3O2S.C2HF3O2/c1-20-8-2-6-16(20)18(22)19-14-12-21(11-13-5-4-10-24-13)15-7-3-9-23-17(14)15;3-2(4,5)1(6)7/h2,4-6,8,10,14-15,17H,3,7,9,11-12H2,1H3,(H,19,22);(H,6,7)/t14-,15-,17-;/m1./s1. The summed E-state index contributed by atoms with van der Waals surface area (Å²) in [4.78, 5) is 25.3. The van der Waals surface area contributed by atoms with Crippen LogP contribution < -0.4 is 5.32 Å². The molecule has 2 aliphatic rings. The molecule has 1 amide bonds. The number of rotatable bonds is 4. The van der Waals surface area contributed by atoms with E-state index in [4.69, 9.17) is 14.6 Å². The van der Waals surface area contributed by atoms with Gasteiger partial charge in [-0.15, -0.1) is 11.3 Å². The number of halogens is 3. The highest BCUT2D eigenvalue weighted by Crippen LogP contribution is 2.31. The fourth-order valence-corrected chi connectivity index (χ4v) is 4.63. The molecule has 2 saturated heterocycles. The molecule has 2 fully saturated rings. The zero-order valence-corrected chi connectivity index (χ0v) is 17.7. The number of carbonyl (C=O) groups is 2. The summed E-state index contributed by atoms with van der Waals surface area (Å²) in [7, 11) is 1.90. The first-order chi connectivity index (χ1) is 14.7. The average molecular weight is 459 g/mol. The number of thiophene rings is 1. The predicted molar refractivity (Wildman–Crippen MR) is 108 cm³/mol. The lowest BCUT2D eigenvalue weighted by atomic mass is 10.0. The van der Waals surface area contributed by atoms with E-state index < -0.39 is 12.1 Å². The number of amides is 1. The van der Waals surface area contributed by atoms with Crippen molar-refractivity contribution in [2.45, 2.75) is 43.8 Å². The number of nitrogens with zero attached hydrogens (tertiary/aromatic N) is 2. The van der Waals surface area contributed by atoms with E-state index in [-0.39, 0.29) is 18.1 Å². The lowest BCUT2D eigenvalue weighted by molar-refractivity contribution is -0.192. The van der Waals surface area contributed by atoms with Crippen LogP contribution in [-0.2, 0) is 23.1 Å². The van der Waals surface area contributed by atoms with E-state index in [9.17, 15) is 18.0 Å². The number of aliphatic carboxylic acids is 1. The van der Waals surface area contributed by atoms with Gasteiger partial charge in [0.1, 0.15) is 5.69 Å². The minimum atomic E-state index is -5.08. The zero-order chi connectivity index (χ0) is 22.6. The number of fused-ring (bicyclic) bond motifs is 1. The summed E-state index contributed by atoms with van der Waals surface area (Å²) in [5, 5.41) is 12.5. The van der Waals surface area contributed by atoms with Gasteiger partial charge in [0, 0.05) is 43.9 Å². The van der Waals surface area contributed by atoms with Crippen molar-refractivity contribution in [3.63, 3.8) is 0 Å². The fraction of sp³-hybridized carbons (Fsp3) is 0.500. The van der Waals surface area contributed by atoms with Crippen molar-refractivity contribution >= 4 is 23.2 Å². The van der Waals surface area contributed by atoms with Gasteiger partial charge in [0.05, 0.1) is 12.1 Å². The summed E-state index contributed by atoms with van der Waals surface area (Å²) >= 11 is 1.79. The molecule has 0 bridgehead atoms. The molecule has 0 spiro atoms. The van der Waals surface area contributed by atoms with Crippen LogP contribution in [0.1, 0.15) is 28.2 Å². The first-order valence-corrected chi connectivity index (χ1v) is 10.6. The number of alkyl halides is 3. The van der Waals surface area contributed by atoms with Crippen LogP contribution in [-0.4, -0.2) is 64.0 Å². The molecule has 7 nitrogen and oxygen atoms in total. The molecular weight excluding hydrogens is 435 g/mol. The summed E-state index contributed by atoms with van der Waals surface area (Å²) in [6.45, 7) is 2.59. The topological polar surface area (TPSA) is 83.8 Å². The molecule has 2 aromatic rings. The highest BCUT2D eigenvalue weighted by molar-refractivity contribution is 7.09. The third-order valence-electron chi connectivity index (χ3n) is 5.30. The van der Waals surface area contributed by atoms with Gasteiger partial charge in [-0.2, -0.15) is 13.2 Å². The molecule has 0 aromatic carbocycles. The smallest absolute Gasteiger partial charge is 0.475 e. The molecule has 4 heterocycles. The summed E-state index contributed by atoms with van der Waals surface area (Å²) in [6.07, 6.45) is -0.845. The highest BCUT2D eigenvalue weighted by Gasteiger charge is 2.44. The average Bonchev–Trinajstić information content (AvgIpc) is 3.44. The number of hydrogen-bond donors (Lipinski definition) is 2. The van der Waals surface area contributed by atoms with Crippen LogP contribution in [0.2, 0.25) is 0 Å². The first-order valence-electron chi connectivity index (χ1n) is 9.77. The number of aromatic nitrogens is 1. The Morgan fingerprint density at radius 1 is 1.32 bits per heavy atom. The van der Waals surface area contributed by atoms with Gasteiger partial charge in [-0.25, -0.2) is 4.79 Å². The number of ether oxygens (including phenoxy) is 1. The second kappa shape index (κ2) is 9.84. The monoisotopic (exact) mass is 459 g/mol. The predicted octanol–water partition coefficient (Wildman–Crippen LogP) is 2.88. The van der Waals surface area contributed by atoms with Crippen LogP contribution in [0.5, 0.6) is 0 Å². The summed E-state index contributed by atoms with van der Waals surface area (Å²) in [6, 6.07) is 8.48. The minimum Gasteiger partial charge on any atom is -0.475 e. The lowest BCUT2D eigenvalue weighted by Crippen LogP contribution is -2.47. The van der Waals surface area contributed by atoms with E-state index >= 15 is 0 Å². The molecule has 11 heteroatoms. The number of aryl methyl sites for hydroxylation is 1. The Balaban J connectivity index is 0.000000339. The van der Waals surface area contributed by atoms with Gasteiger partial charge in [-0.3, -0.25) is 9.69 Å². The Hall–Kier alpha value is -2.37. The Labute approximate surface area is 181 Å². The molecule has 31 heavy (non-hydrogen) atoms. The molecule has 2 aromatic heterocycles. The largest absolute Gasteiger partial charge is 0.490 e. The molecule has 0 saturated carbocycles. The lowest BCUT2D eigenvalue weighted by Gasteiger charge is -2.32. The van der Waals surface area contributed by atoms with Crippen molar-refractivity contribution in [1.29, 1.82) is 0 Å². The van der Waals surface area contributed by atoms with Crippen LogP contribution in [0.4, 0.5) is 13.2 Å². The van der Waals surface area contributed by atoms with E-state index in [2.05, 4.69) is 27.7 Å². The zero-order valence-electron chi connectivity index (χ0n) is 16.8. The molecule has 170 valence electrons. The number of carbonyl (C=O) groups excluding carboxylic acids is 1. The second-order valence-corrected chi connectivity index (χ2v) is 8.47. The molecule has 2 aliphatic heterocycles. The van der Waals surface area contributed by atoms with Crippen molar-refractivity contribution in [2.75, 3.05) is 13.2 Å². The van der Waals surface area contributed by atoms with Crippen LogP contribution >= 0.6 is 11.3 Å². The Bertz CT molecular complexity index is 885. The van der Waals surface area contributed by atoms with Crippen molar-refractivity contribution in [1.82, 2.24) is 14.8 Å². The van der Waals surface area contributed by atoms with Crippen molar-refractivity contribution in [3.05, 3.63) is 46.4 Å². The van der Waals surface area contributed by atoms with E-state index in [1.54, 1.807) is 11.3 Å². The number of nitrogens with one attached hydrogen (secondary N) is 1. The van der Waals surface area contributed by atoms with Gasteiger partial charge in [0.2, 0.25) is 0 Å². The highest BCUT2D eigenvalue weighted by atomic mass is 32.1. The van der Waals surface area contributed by atoms with Crippen LogP contribution in [0.25, 0.3) is 0 Å². The van der Waals surface area contributed by atoms with Gasteiger partial charge in [0.15, 0.2) is 0 Å². The normalized spacial score (nSPS) is 23.5. The number of carboxylic acids is 1. The van der Waals surface area contributed by atoms with E-state index in [1.165, 1.54) is 4.88 Å². The maximum absolute atomic E-state index is 12.6. The Morgan fingerprint density at radius 3 is 2.65 bits per heavy atom. The minimum absolute atomic E-state index is 0.0154. The molecule has 2 N–H and O–H groups in total. The molecule has 4 rings (SSSR count). The molecule has 0 unspecified atom stereocenters. The third-order valence-corrected chi connectivity index (χ3v) is 6.17. The third kappa shape index (κ3) is 5.86. The van der Waals surface area contributed by atoms with Gasteiger partial charge in [-0.05, 0) is 36.4 Å². The molecular formula is C20H24F3N3O4S. The van der Waals surface area contributed by atoms with Gasteiger partial charge in [0.25, 0.3) is 5.91 Å². The quantitative estimate of drug-likeness (QED) is 0.735. The van der Waals surface area contributed by atoms with Crippen molar-refractivity contribution < 1.29 is 32.6 Å². The summed E-state index contributed by atoms with van der Waals surface area (Å²) < 4.78 is 39.6. The van der Waals surface area contributed by atoms with E-state index in [0.717, 1.165) is 32.5 Å². The van der Waals surface area contributed by atoms with Gasteiger partial charge >= 0.3 is 12.1 Å². The summed E-state index contributed by atoms with van der Waals surface area (Å²) in [5.41, 5.74) is 0.694. The van der Waals surface area contributed by atoms with Crippen molar-refractivity contribution in [3.8, 4) is 0 Å². The molecule has 0 aliphatic carbocycles. The summed E-state index contributed by atoms with van der Waals surface area (Å²) in [5.74, 6) is -2.77. The maximum atomic E-state index is 12.6. The van der Waals surface area contributed by atoms with E-state index in [1.807, 2.05) is 29.9 Å².